The second-order valence-electron chi connectivity index (χ2n) is 6.22. The van der Waals surface area contributed by atoms with Crippen LogP contribution in [-0.4, -0.2) is 42.6 Å². The minimum atomic E-state index is -0.321. The molecule has 0 N–H and O–H groups in total. The summed E-state index contributed by atoms with van der Waals surface area (Å²) in [6.07, 6.45) is 2.91. The molecule has 1 aliphatic carbocycles. The summed E-state index contributed by atoms with van der Waals surface area (Å²) in [5.74, 6) is 0.0536. The molecule has 0 aromatic heterocycles. The Morgan fingerprint density at radius 1 is 1.29 bits per heavy atom. The summed E-state index contributed by atoms with van der Waals surface area (Å²) in [6, 6.07) is 8.01. The first-order valence-electron chi connectivity index (χ1n) is 8.73. The number of hydrogen-bond donors (Lipinski definition) is 0. The molecule has 5 heteroatoms. The van der Waals surface area contributed by atoms with Crippen molar-refractivity contribution in [3.8, 4) is 5.75 Å². The molecule has 0 spiro atoms. The fourth-order valence-electron chi connectivity index (χ4n) is 2.58. The molecule has 2 rings (SSSR count). The lowest BCUT2D eigenvalue weighted by Crippen LogP contribution is -2.41. The average Bonchev–Trinajstić information content (AvgIpc) is 3.42. The number of ether oxygens (including phenoxy) is 2. The standard InChI is InChI=1S/C19H27NO4/c1-4-15-7-6-8-17(11-15)24-13-18(21)20(16-9-10-16)12-14(3)19(22)23-5-2/h6-8,11,14,16H,4-5,9-10,12-13H2,1-3H3. The van der Waals surface area contributed by atoms with Crippen LogP contribution in [0.1, 0.15) is 39.2 Å². The van der Waals surface area contributed by atoms with Crippen LogP contribution in [0.2, 0.25) is 0 Å². The van der Waals surface area contributed by atoms with Crippen LogP contribution in [0.5, 0.6) is 5.75 Å². The first kappa shape index (κ1) is 18.3. The summed E-state index contributed by atoms with van der Waals surface area (Å²) >= 11 is 0. The molecule has 1 saturated carbocycles. The zero-order valence-electron chi connectivity index (χ0n) is 14.8. The Kier molecular flexibility index (Phi) is 6.64. The number of carbonyl (C=O) groups is 2. The van der Waals surface area contributed by atoms with Crippen molar-refractivity contribution in [3.63, 3.8) is 0 Å². The van der Waals surface area contributed by atoms with Gasteiger partial charge in [0, 0.05) is 12.6 Å². The maximum Gasteiger partial charge on any atom is 0.310 e. The predicted octanol–water partition coefficient (Wildman–Crippen LogP) is 2.82. The van der Waals surface area contributed by atoms with Crippen LogP contribution >= 0.6 is 0 Å². The Labute approximate surface area is 143 Å². The third-order valence-corrected chi connectivity index (χ3v) is 4.14. The first-order valence-corrected chi connectivity index (χ1v) is 8.73. The highest BCUT2D eigenvalue weighted by Crippen LogP contribution is 2.28. The van der Waals surface area contributed by atoms with Crippen LogP contribution in [0, 0.1) is 5.92 Å². The molecule has 1 aromatic carbocycles. The second-order valence-corrected chi connectivity index (χ2v) is 6.22. The molecule has 24 heavy (non-hydrogen) atoms. The number of nitrogens with zero attached hydrogens (tertiary/aromatic N) is 1. The summed E-state index contributed by atoms with van der Waals surface area (Å²) in [5, 5.41) is 0. The van der Waals surface area contributed by atoms with Crippen molar-refractivity contribution in [2.24, 2.45) is 5.92 Å². The summed E-state index contributed by atoms with van der Waals surface area (Å²) in [7, 11) is 0. The first-order chi connectivity index (χ1) is 11.5. The Balaban J connectivity index is 1.90. The Hall–Kier alpha value is -2.04. The van der Waals surface area contributed by atoms with Gasteiger partial charge in [-0.3, -0.25) is 9.59 Å². The van der Waals surface area contributed by atoms with E-state index in [0.717, 1.165) is 19.3 Å². The van der Waals surface area contributed by atoms with E-state index in [9.17, 15) is 9.59 Å². The molecule has 1 amide bonds. The van der Waals surface area contributed by atoms with E-state index >= 15 is 0 Å². The molecule has 1 fully saturated rings. The van der Waals surface area contributed by atoms with Gasteiger partial charge in [0.05, 0.1) is 12.5 Å². The SMILES string of the molecule is CCOC(=O)C(C)CN(C(=O)COc1cccc(CC)c1)C1CC1. The van der Waals surface area contributed by atoms with Gasteiger partial charge in [0.15, 0.2) is 6.61 Å². The monoisotopic (exact) mass is 333 g/mol. The van der Waals surface area contributed by atoms with Crippen LogP contribution in [-0.2, 0) is 20.7 Å². The molecule has 132 valence electrons. The summed E-state index contributed by atoms with van der Waals surface area (Å²) in [5.41, 5.74) is 1.18. The zero-order chi connectivity index (χ0) is 17.5. The van der Waals surface area contributed by atoms with Crippen LogP contribution in [0.15, 0.2) is 24.3 Å². The Morgan fingerprint density at radius 3 is 2.67 bits per heavy atom. The van der Waals surface area contributed by atoms with E-state index in [1.54, 1.807) is 18.7 Å². The zero-order valence-corrected chi connectivity index (χ0v) is 14.8. The van der Waals surface area contributed by atoms with Gasteiger partial charge < -0.3 is 14.4 Å². The lowest BCUT2D eigenvalue weighted by molar-refractivity contribution is -0.149. The minimum Gasteiger partial charge on any atom is -0.484 e. The third kappa shape index (κ3) is 5.25. The molecule has 0 saturated heterocycles. The maximum atomic E-state index is 12.5. The number of benzene rings is 1. The Bertz CT molecular complexity index is 568. The van der Waals surface area contributed by atoms with Gasteiger partial charge in [-0.1, -0.05) is 26.0 Å². The fraction of sp³-hybridized carbons (Fsp3) is 0.579. The van der Waals surface area contributed by atoms with E-state index in [0.29, 0.717) is 18.9 Å². The van der Waals surface area contributed by atoms with Gasteiger partial charge in [0.1, 0.15) is 5.75 Å². The molecule has 1 aliphatic rings. The van der Waals surface area contributed by atoms with Gasteiger partial charge >= 0.3 is 5.97 Å². The fourth-order valence-corrected chi connectivity index (χ4v) is 2.58. The smallest absolute Gasteiger partial charge is 0.310 e. The molecule has 1 unspecified atom stereocenters. The lowest BCUT2D eigenvalue weighted by Gasteiger charge is -2.25. The van der Waals surface area contributed by atoms with Gasteiger partial charge in [0.2, 0.25) is 0 Å². The van der Waals surface area contributed by atoms with E-state index in [2.05, 4.69) is 6.92 Å². The maximum absolute atomic E-state index is 12.5. The molecule has 0 radical (unpaired) electrons. The van der Waals surface area contributed by atoms with Crippen LogP contribution in [0.3, 0.4) is 0 Å². The van der Waals surface area contributed by atoms with Gasteiger partial charge in [-0.15, -0.1) is 0 Å². The van der Waals surface area contributed by atoms with Crippen LogP contribution in [0.25, 0.3) is 0 Å². The number of esters is 1. The highest BCUT2D eigenvalue weighted by atomic mass is 16.5. The summed E-state index contributed by atoms with van der Waals surface area (Å²) in [4.78, 5) is 26.1. The molecule has 5 nitrogen and oxygen atoms in total. The van der Waals surface area contributed by atoms with E-state index < -0.39 is 0 Å². The normalized spacial score (nSPS) is 14.8. The van der Waals surface area contributed by atoms with Gasteiger partial charge in [0.25, 0.3) is 5.91 Å². The van der Waals surface area contributed by atoms with Crippen molar-refractivity contribution in [3.05, 3.63) is 29.8 Å². The largest absolute Gasteiger partial charge is 0.484 e. The number of aryl methyl sites for hydroxylation is 1. The van der Waals surface area contributed by atoms with E-state index in [1.165, 1.54) is 5.56 Å². The minimum absolute atomic E-state index is 0.000781. The number of hydrogen-bond acceptors (Lipinski definition) is 4. The van der Waals surface area contributed by atoms with E-state index in [4.69, 9.17) is 9.47 Å². The van der Waals surface area contributed by atoms with Crippen molar-refractivity contribution in [2.75, 3.05) is 19.8 Å². The van der Waals surface area contributed by atoms with Crippen LogP contribution in [0.4, 0.5) is 0 Å². The average molecular weight is 333 g/mol. The van der Waals surface area contributed by atoms with Crippen molar-refractivity contribution in [1.82, 2.24) is 4.90 Å². The van der Waals surface area contributed by atoms with E-state index in [-0.39, 0.29) is 30.4 Å². The van der Waals surface area contributed by atoms with Crippen molar-refractivity contribution in [2.45, 2.75) is 46.1 Å². The van der Waals surface area contributed by atoms with Gasteiger partial charge in [-0.25, -0.2) is 0 Å². The molecule has 0 aliphatic heterocycles. The molecular formula is C19H27NO4. The molecule has 0 heterocycles. The predicted molar refractivity (Wildman–Crippen MR) is 91.8 cm³/mol. The highest BCUT2D eigenvalue weighted by Gasteiger charge is 2.34. The summed E-state index contributed by atoms with van der Waals surface area (Å²) in [6.45, 7) is 6.41. The quantitative estimate of drug-likeness (QED) is 0.652. The van der Waals surface area contributed by atoms with Gasteiger partial charge in [-0.2, -0.15) is 0 Å². The summed E-state index contributed by atoms with van der Waals surface area (Å²) < 4.78 is 10.7. The molecule has 1 atom stereocenters. The van der Waals surface area contributed by atoms with Crippen molar-refractivity contribution < 1.29 is 19.1 Å². The number of rotatable bonds is 9. The molecule has 1 aromatic rings. The topological polar surface area (TPSA) is 55.8 Å². The van der Waals surface area contributed by atoms with E-state index in [1.807, 2.05) is 24.3 Å². The van der Waals surface area contributed by atoms with Gasteiger partial charge in [-0.05, 0) is 43.9 Å². The Morgan fingerprint density at radius 2 is 2.04 bits per heavy atom. The second kappa shape index (κ2) is 8.71. The molecular weight excluding hydrogens is 306 g/mol. The van der Waals surface area contributed by atoms with Crippen LogP contribution < -0.4 is 4.74 Å². The number of carbonyl (C=O) groups excluding carboxylic acids is 2. The lowest BCUT2D eigenvalue weighted by atomic mass is 10.1. The molecule has 0 bridgehead atoms. The third-order valence-electron chi connectivity index (χ3n) is 4.14. The van der Waals surface area contributed by atoms with Crippen molar-refractivity contribution in [1.29, 1.82) is 0 Å². The highest BCUT2D eigenvalue weighted by molar-refractivity contribution is 5.79. The number of amides is 1. The van der Waals surface area contributed by atoms with Crippen molar-refractivity contribution >= 4 is 11.9 Å².